The molecule has 0 spiro atoms. The molecule has 1 aromatic rings. The Morgan fingerprint density at radius 2 is 2.16 bits per heavy atom. The maximum Gasteiger partial charge on any atom is 0.0570 e. The SMILES string of the molecule is CCCC1CCCC(NC(C)c2ccccn2)CC1. The molecule has 2 nitrogen and oxygen atoms in total. The number of hydrogen-bond donors (Lipinski definition) is 1. The molecule has 0 aliphatic heterocycles. The molecule has 106 valence electrons. The maximum absolute atomic E-state index is 4.45. The molecule has 1 heterocycles. The fraction of sp³-hybridized carbons (Fsp3) is 0.706. The average molecular weight is 260 g/mol. The van der Waals surface area contributed by atoms with E-state index in [-0.39, 0.29) is 0 Å². The normalized spacial score (nSPS) is 25.8. The molecule has 0 amide bonds. The largest absolute Gasteiger partial charge is 0.306 e. The summed E-state index contributed by atoms with van der Waals surface area (Å²) < 4.78 is 0. The minimum Gasteiger partial charge on any atom is -0.306 e. The lowest BCUT2D eigenvalue weighted by Crippen LogP contribution is -2.31. The summed E-state index contributed by atoms with van der Waals surface area (Å²) in [4.78, 5) is 4.45. The van der Waals surface area contributed by atoms with Crippen LogP contribution in [0, 0.1) is 5.92 Å². The zero-order chi connectivity index (χ0) is 13.5. The number of rotatable bonds is 5. The zero-order valence-electron chi connectivity index (χ0n) is 12.4. The van der Waals surface area contributed by atoms with Crippen molar-refractivity contribution in [2.24, 2.45) is 5.92 Å². The van der Waals surface area contributed by atoms with Crippen molar-refractivity contribution in [1.29, 1.82) is 0 Å². The van der Waals surface area contributed by atoms with Crippen molar-refractivity contribution >= 4 is 0 Å². The molecule has 1 aliphatic rings. The predicted octanol–water partition coefficient (Wildman–Crippen LogP) is 4.48. The lowest BCUT2D eigenvalue weighted by molar-refractivity contribution is 0.390. The van der Waals surface area contributed by atoms with Crippen molar-refractivity contribution in [3.8, 4) is 0 Å². The molecular weight excluding hydrogens is 232 g/mol. The van der Waals surface area contributed by atoms with Crippen LogP contribution >= 0.6 is 0 Å². The molecule has 1 aromatic heterocycles. The summed E-state index contributed by atoms with van der Waals surface area (Å²) in [5.74, 6) is 0.974. The van der Waals surface area contributed by atoms with Gasteiger partial charge in [-0.1, -0.05) is 38.7 Å². The number of nitrogens with one attached hydrogen (secondary N) is 1. The molecule has 1 aliphatic carbocycles. The fourth-order valence-corrected chi connectivity index (χ4v) is 3.31. The third-order valence-electron chi connectivity index (χ3n) is 4.40. The van der Waals surface area contributed by atoms with Crippen LogP contribution in [0.3, 0.4) is 0 Å². The van der Waals surface area contributed by atoms with E-state index in [9.17, 15) is 0 Å². The van der Waals surface area contributed by atoms with Crippen molar-refractivity contribution in [3.63, 3.8) is 0 Å². The first-order chi connectivity index (χ1) is 9.29. The van der Waals surface area contributed by atoms with Gasteiger partial charge in [-0.3, -0.25) is 4.98 Å². The molecule has 1 N–H and O–H groups in total. The fourth-order valence-electron chi connectivity index (χ4n) is 3.31. The molecule has 1 saturated carbocycles. The second-order valence-electron chi connectivity index (χ2n) is 6.00. The third-order valence-corrected chi connectivity index (χ3v) is 4.40. The third kappa shape index (κ3) is 4.61. The Morgan fingerprint density at radius 1 is 1.26 bits per heavy atom. The molecule has 0 radical (unpaired) electrons. The monoisotopic (exact) mass is 260 g/mol. The first-order valence-corrected chi connectivity index (χ1v) is 7.96. The van der Waals surface area contributed by atoms with E-state index in [0.29, 0.717) is 12.1 Å². The highest BCUT2D eigenvalue weighted by Crippen LogP contribution is 2.27. The standard InChI is InChI=1S/C17H28N2/c1-3-7-15-8-6-9-16(12-11-15)19-14(2)17-10-4-5-13-18-17/h4-5,10,13-16,19H,3,6-9,11-12H2,1-2H3. The Balaban J connectivity index is 1.83. The lowest BCUT2D eigenvalue weighted by atomic mass is 9.95. The summed E-state index contributed by atoms with van der Waals surface area (Å²) in [6.07, 6.45) is 11.5. The van der Waals surface area contributed by atoms with Gasteiger partial charge in [0, 0.05) is 18.3 Å². The van der Waals surface area contributed by atoms with Crippen molar-refractivity contribution in [2.75, 3.05) is 0 Å². The van der Waals surface area contributed by atoms with E-state index in [4.69, 9.17) is 0 Å². The predicted molar refractivity (Wildman–Crippen MR) is 81.1 cm³/mol. The van der Waals surface area contributed by atoms with Gasteiger partial charge >= 0.3 is 0 Å². The van der Waals surface area contributed by atoms with E-state index >= 15 is 0 Å². The summed E-state index contributed by atoms with van der Waals surface area (Å²) in [5, 5.41) is 3.78. The van der Waals surface area contributed by atoms with Gasteiger partial charge in [-0.25, -0.2) is 0 Å². The maximum atomic E-state index is 4.45. The Bertz CT molecular complexity index is 350. The van der Waals surface area contributed by atoms with E-state index in [1.54, 1.807) is 0 Å². The summed E-state index contributed by atoms with van der Waals surface area (Å²) >= 11 is 0. The number of aromatic nitrogens is 1. The van der Waals surface area contributed by atoms with Crippen LogP contribution in [-0.4, -0.2) is 11.0 Å². The number of nitrogens with zero attached hydrogens (tertiary/aromatic N) is 1. The van der Waals surface area contributed by atoms with Gasteiger partial charge in [-0.05, 0) is 44.2 Å². The van der Waals surface area contributed by atoms with Crippen molar-refractivity contribution in [3.05, 3.63) is 30.1 Å². The highest BCUT2D eigenvalue weighted by atomic mass is 15.0. The molecule has 2 heteroatoms. The molecule has 3 atom stereocenters. The van der Waals surface area contributed by atoms with Crippen LogP contribution in [0.5, 0.6) is 0 Å². The second-order valence-corrected chi connectivity index (χ2v) is 6.00. The van der Waals surface area contributed by atoms with Gasteiger partial charge in [-0.15, -0.1) is 0 Å². The van der Waals surface area contributed by atoms with E-state index in [1.807, 2.05) is 12.3 Å². The van der Waals surface area contributed by atoms with Crippen LogP contribution in [0.4, 0.5) is 0 Å². The molecule has 19 heavy (non-hydrogen) atoms. The van der Waals surface area contributed by atoms with Gasteiger partial charge in [0.1, 0.15) is 0 Å². The number of pyridine rings is 1. The first kappa shape index (κ1) is 14.5. The highest BCUT2D eigenvalue weighted by molar-refractivity contribution is 5.07. The molecular formula is C17H28N2. The van der Waals surface area contributed by atoms with E-state index in [2.05, 4.69) is 36.3 Å². The summed E-state index contributed by atoms with van der Waals surface area (Å²) in [5.41, 5.74) is 1.16. The smallest absolute Gasteiger partial charge is 0.0570 e. The van der Waals surface area contributed by atoms with Gasteiger partial charge in [0.25, 0.3) is 0 Å². The highest BCUT2D eigenvalue weighted by Gasteiger charge is 2.20. The van der Waals surface area contributed by atoms with Crippen LogP contribution in [0.15, 0.2) is 24.4 Å². The van der Waals surface area contributed by atoms with Crippen molar-refractivity contribution in [2.45, 2.75) is 70.9 Å². The Hall–Kier alpha value is -0.890. The minimum absolute atomic E-state index is 0.369. The van der Waals surface area contributed by atoms with Gasteiger partial charge < -0.3 is 5.32 Å². The Kier molecular flexibility index (Phi) is 5.84. The quantitative estimate of drug-likeness (QED) is 0.789. The van der Waals surface area contributed by atoms with Crippen LogP contribution in [0.25, 0.3) is 0 Å². The Labute approximate surface area is 118 Å². The van der Waals surface area contributed by atoms with E-state index in [1.165, 1.54) is 44.9 Å². The summed E-state index contributed by atoms with van der Waals surface area (Å²) in [6.45, 7) is 4.54. The van der Waals surface area contributed by atoms with E-state index in [0.717, 1.165) is 11.6 Å². The van der Waals surface area contributed by atoms with Crippen LogP contribution < -0.4 is 5.32 Å². The van der Waals surface area contributed by atoms with Crippen LogP contribution in [0.1, 0.15) is 70.5 Å². The van der Waals surface area contributed by atoms with Gasteiger partial charge in [0.05, 0.1) is 5.69 Å². The summed E-state index contributed by atoms with van der Waals surface area (Å²) in [7, 11) is 0. The summed E-state index contributed by atoms with van der Waals surface area (Å²) in [6, 6.07) is 7.23. The molecule has 0 aromatic carbocycles. The average Bonchev–Trinajstić information content (AvgIpc) is 2.66. The first-order valence-electron chi connectivity index (χ1n) is 7.96. The second kappa shape index (κ2) is 7.64. The topological polar surface area (TPSA) is 24.9 Å². The van der Waals surface area contributed by atoms with Gasteiger partial charge in [0.15, 0.2) is 0 Å². The number of hydrogen-bond acceptors (Lipinski definition) is 2. The molecule has 0 saturated heterocycles. The van der Waals surface area contributed by atoms with Crippen molar-refractivity contribution in [1.82, 2.24) is 10.3 Å². The van der Waals surface area contributed by atoms with Gasteiger partial charge in [0.2, 0.25) is 0 Å². The van der Waals surface area contributed by atoms with Crippen molar-refractivity contribution < 1.29 is 0 Å². The molecule has 0 bridgehead atoms. The zero-order valence-corrected chi connectivity index (χ0v) is 12.4. The molecule has 2 rings (SSSR count). The lowest BCUT2D eigenvalue weighted by Gasteiger charge is -2.22. The molecule has 1 fully saturated rings. The Morgan fingerprint density at radius 3 is 2.89 bits per heavy atom. The molecule has 3 unspecified atom stereocenters. The van der Waals surface area contributed by atoms with Gasteiger partial charge in [-0.2, -0.15) is 0 Å². The minimum atomic E-state index is 0.369. The van der Waals surface area contributed by atoms with E-state index < -0.39 is 0 Å². The van der Waals surface area contributed by atoms with Crippen LogP contribution in [-0.2, 0) is 0 Å². The van der Waals surface area contributed by atoms with Crippen LogP contribution in [0.2, 0.25) is 0 Å².